The second kappa shape index (κ2) is 3.72. The molecule has 0 bridgehead atoms. The van der Waals surface area contributed by atoms with E-state index in [4.69, 9.17) is 4.42 Å². The molecule has 2 heterocycles. The van der Waals surface area contributed by atoms with Crippen LogP contribution in [0.2, 0.25) is 0 Å². The standard InChI is InChI=1S/C16H10FNO/c17-13-3-4-14-15(7-18-16(14)6-13)10-1-2-11-8-19-9-12(11)5-10/h1-9,18H. The van der Waals surface area contributed by atoms with E-state index < -0.39 is 0 Å². The van der Waals surface area contributed by atoms with Crippen LogP contribution in [0.15, 0.2) is 59.5 Å². The second-order valence-corrected chi connectivity index (χ2v) is 4.61. The SMILES string of the molecule is Fc1ccc2c(-c3ccc4cocc4c3)c[nH]c2c1. The molecule has 4 aromatic rings. The largest absolute Gasteiger partial charge is 0.471 e. The van der Waals surface area contributed by atoms with Crippen molar-refractivity contribution in [3.05, 3.63) is 60.9 Å². The van der Waals surface area contributed by atoms with Gasteiger partial charge in [-0.25, -0.2) is 4.39 Å². The molecule has 0 unspecified atom stereocenters. The number of halogens is 1. The summed E-state index contributed by atoms with van der Waals surface area (Å²) < 4.78 is 18.4. The third kappa shape index (κ3) is 1.55. The van der Waals surface area contributed by atoms with E-state index in [1.54, 1.807) is 18.6 Å². The molecule has 0 amide bonds. The molecule has 1 N–H and O–H groups in total. The molecule has 0 fully saturated rings. The van der Waals surface area contributed by atoms with Gasteiger partial charge in [-0.3, -0.25) is 0 Å². The second-order valence-electron chi connectivity index (χ2n) is 4.61. The van der Waals surface area contributed by atoms with Gasteiger partial charge in [0.1, 0.15) is 5.82 Å². The van der Waals surface area contributed by atoms with Crippen LogP contribution < -0.4 is 0 Å². The van der Waals surface area contributed by atoms with Gasteiger partial charge in [-0.1, -0.05) is 12.1 Å². The molecule has 92 valence electrons. The zero-order valence-electron chi connectivity index (χ0n) is 9.98. The van der Waals surface area contributed by atoms with Crippen molar-refractivity contribution in [3.8, 4) is 11.1 Å². The summed E-state index contributed by atoms with van der Waals surface area (Å²) in [4.78, 5) is 3.11. The van der Waals surface area contributed by atoms with Crippen molar-refractivity contribution >= 4 is 21.7 Å². The summed E-state index contributed by atoms with van der Waals surface area (Å²) in [6.45, 7) is 0. The summed E-state index contributed by atoms with van der Waals surface area (Å²) in [5, 5.41) is 3.16. The lowest BCUT2D eigenvalue weighted by molar-refractivity contribution is 0.572. The number of hydrogen-bond acceptors (Lipinski definition) is 1. The predicted molar refractivity (Wildman–Crippen MR) is 73.5 cm³/mol. The first kappa shape index (κ1) is 10.4. The van der Waals surface area contributed by atoms with Gasteiger partial charge in [0.25, 0.3) is 0 Å². The quantitative estimate of drug-likeness (QED) is 0.521. The molecule has 0 aliphatic rings. The zero-order chi connectivity index (χ0) is 12.8. The normalized spacial score (nSPS) is 11.4. The number of furan rings is 1. The van der Waals surface area contributed by atoms with Crippen molar-refractivity contribution in [2.45, 2.75) is 0 Å². The number of aromatic amines is 1. The Kier molecular flexibility index (Phi) is 2.03. The van der Waals surface area contributed by atoms with Gasteiger partial charge < -0.3 is 9.40 Å². The molecule has 2 aromatic carbocycles. The number of hydrogen-bond donors (Lipinski definition) is 1. The summed E-state index contributed by atoms with van der Waals surface area (Å²) in [5.74, 6) is -0.230. The average molecular weight is 251 g/mol. The number of benzene rings is 2. The first-order chi connectivity index (χ1) is 9.31. The predicted octanol–water partition coefficient (Wildman–Crippen LogP) is 4.72. The van der Waals surface area contributed by atoms with Crippen LogP contribution >= 0.6 is 0 Å². The molecular weight excluding hydrogens is 241 g/mol. The fourth-order valence-electron chi connectivity index (χ4n) is 2.47. The highest BCUT2D eigenvalue weighted by Gasteiger charge is 2.08. The van der Waals surface area contributed by atoms with Crippen LogP contribution in [0.25, 0.3) is 32.8 Å². The van der Waals surface area contributed by atoms with Gasteiger partial charge in [-0.15, -0.1) is 0 Å². The van der Waals surface area contributed by atoms with Crippen LogP contribution in [0.3, 0.4) is 0 Å². The average Bonchev–Trinajstić information content (AvgIpc) is 3.02. The highest BCUT2D eigenvalue weighted by molar-refractivity contribution is 5.98. The maximum absolute atomic E-state index is 13.2. The summed E-state index contributed by atoms with van der Waals surface area (Å²) in [6.07, 6.45) is 5.36. The molecule has 0 radical (unpaired) electrons. The van der Waals surface area contributed by atoms with Gasteiger partial charge in [0.05, 0.1) is 12.5 Å². The van der Waals surface area contributed by atoms with Crippen molar-refractivity contribution < 1.29 is 8.81 Å². The van der Waals surface area contributed by atoms with Crippen LogP contribution in [0.1, 0.15) is 0 Å². The molecule has 4 rings (SSSR count). The smallest absolute Gasteiger partial charge is 0.125 e. The minimum absolute atomic E-state index is 0.230. The molecule has 2 aromatic heterocycles. The number of fused-ring (bicyclic) bond motifs is 2. The first-order valence-corrected chi connectivity index (χ1v) is 6.04. The van der Waals surface area contributed by atoms with E-state index in [1.165, 1.54) is 12.1 Å². The Morgan fingerprint density at radius 3 is 2.79 bits per heavy atom. The summed E-state index contributed by atoms with van der Waals surface area (Å²) in [6, 6.07) is 10.9. The van der Waals surface area contributed by atoms with Gasteiger partial charge in [0.2, 0.25) is 0 Å². The topological polar surface area (TPSA) is 28.9 Å². The molecule has 0 saturated carbocycles. The summed E-state index contributed by atoms with van der Waals surface area (Å²) in [7, 11) is 0. The Hall–Kier alpha value is -2.55. The van der Waals surface area contributed by atoms with Crippen molar-refractivity contribution in [3.63, 3.8) is 0 Å². The van der Waals surface area contributed by atoms with Crippen LogP contribution in [-0.4, -0.2) is 4.98 Å². The minimum atomic E-state index is -0.230. The van der Waals surface area contributed by atoms with Gasteiger partial charge in [-0.2, -0.15) is 0 Å². The van der Waals surface area contributed by atoms with Crippen molar-refractivity contribution in [2.24, 2.45) is 0 Å². The molecule has 0 aliphatic carbocycles. The Balaban J connectivity index is 1.97. The highest BCUT2D eigenvalue weighted by atomic mass is 19.1. The molecule has 0 aliphatic heterocycles. The van der Waals surface area contributed by atoms with Crippen LogP contribution in [0.4, 0.5) is 4.39 Å². The zero-order valence-corrected chi connectivity index (χ0v) is 9.98. The summed E-state index contributed by atoms with van der Waals surface area (Å²) in [5.41, 5.74) is 2.96. The lowest BCUT2D eigenvalue weighted by Gasteiger charge is -2.00. The van der Waals surface area contributed by atoms with Crippen LogP contribution in [0.5, 0.6) is 0 Å². The van der Waals surface area contributed by atoms with E-state index >= 15 is 0 Å². The fourth-order valence-corrected chi connectivity index (χ4v) is 2.47. The van der Waals surface area contributed by atoms with E-state index in [0.29, 0.717) is 0 Å². The molecule has 19 heavy (non-hydrogen) atoms. The van der Waals surface area contributed by atoms with Crippen molar-refractivity contribution in [1.29, 1.82) is 0 Å². The van der Waals surface area contributed by atoms with E-state index in [-0.39, 0.29) is 5.82 Å². The third-order valence-electron chi connectivity index (χ3n) is 3.43. The van der Waals surface area contributed by atoms with Crippen molar-refractivity contribution in [1.82, 2.24) is 4.98 Å². The Morgan fingerprint density at radius 1 is 0.947 bits per heavy atom. The molecular formula is C16H10FNO. The fraction of sp³-hybridized carbons (Fsp3) is 0. The lowest BCUT2D eigenvalue weighted by Crippen LogP contribution is -1.76. The van der Waals surface area contributed by atoms with Gasteiger partial charge in [-0.05, 0) is 29.8 Å². The third-order valence-corrected chi connectivity index (χ3v) is 3.43. The van der Waals surface area contributed by atoms with Crippen LogP contribution in [0, 0.1) is 5.82 Å². The monoisotopic (exact) mass is 251 g/mol. The van der Waals surface area contributed by atoms with Crippen LogP contribution in [-0.2, 0) is 0 Å². The first-order valence-electron chi connectivity index (χ1n) is 6.04. The number of nitrogens with one attached hydrogen (secondary N) is 1. The van der Waals surface area contributed by atoms with Gasteiger partial charge in [0.15, 0.2) is 0 Å². The van der Waals surface area contributed by atoms with E-state index in [2.05, 4.69) is 11.1 Å². The molecule has 3 heteroatoms. The maximum atomic E-state index is 13.2. The van der Waals surface area contributed by atoms with Gasteiger partial charge >= 0.3 is 0 Å². The highest BCUT2D eigenvalue weighted by Crippen LogP contribution is 2.31. The minimum Gasteiger partial charge on any atom is -0.471 e. The molecule has 0 saturated heterocycles. The Bertz CT molecular complexity index is 888. The Labute approximate surface area is 108 Å². The molecule has 0 atom stereocenters. The Morgan fingerprint density at radius 2 is 1.84 bits per heavy atom. The summed E-state index contributed by atoms with van der Waals surface area (Å²) >= 11 is 0. The number of H-pyrrole nitrogens is 1. The van der Waals surface area contributed by atoms with E-state index in [9.17, 15) is 4.39 Å². The van der Waals surface area contributed by atoms with E-state index in [0.717, 1.165) is 32.8 Å². The van der Waals surface area contributed by atoms with Gasteiger partial charge in [0, 0.05) is 33.4 Å². The van der Waals surface area contributed by atoms with E-state index in [1.807, 2.05) is 18.3 Å². The number of rotatable bonds is 1. The lowest BCUT2D eigenvalue weighted by atomic mass is 10.0. The molecule has 2 nitrogen and oxygen atoms in total. The maximum Gasteiger partial charge on any atom is 0.125 e. The number of aromatic nitrogens is 1. The molecule has 0 spiro atoms. The van der Waals surface area contributed by atoms with Crippen molar-refractivity contribution in [2.75, 3.05) is 0 Å².